The summed E-state index contributed by atoms with van der Waals surface area (Å²) in [5, 5.41) is 14.0. The Hall–Kier alpha value is -0.620. The van der Waals surface area contributed by atoms with Crippen molar-refractivity contribution in [2.75, 3.05) is 6.61 Å². The van der Waals surface area contributed by atoms with E-state index in [0.717, 1.165) is 0 Å². The molecule has 0 unspecified atom stereocenters. The first-order chi connectivity index (χ1) is 9.07. The van der Waals surface area contributed by atoms with Crippen molar-refractivity contribution in [3.63, 3.8) is 0 Å². The second-order valence-corrected chi connectivity index (χ2v) is 8.13. The quantitative estimate of drug-likeness (QED) is 0.783. The Morgan fingerprint density at radius 3 is 2.25 bits per heavy atom. The van der Waals surface area contributed by atoms with Crippen LogP contribution < -0.4 is 9.88 Å². The zero-order valence-electron chi connectivity index (χ0n) is 11.0. The number of rotatable bonds is 5. The van der Waals surface area contributed by atoms with Crippen molar-refractivity contribution in [2.45, 2.75) is 25.2 Å². The maximum Gasteiger partial charge on any atom is 0.238 e. The van der Waals surface area contributed by atoms with Crippen LogP contribution in [0.2, 0.25) is 0 Å². The average molecular weight is 426 g/mol. The fraction of sp³-hybridized carbons (Fsp3) is 0.417. The van der Waals surface area contributed by atoms with Crippen LogP contribution in [0.25, 0.3) is 0 Å². The lowest BCUT2D eigenvalue weighted by molar-refractivity contribution is 0.261. The van der Waals surface area contributed by atoms with Crippen molar-refractivity contribution in [1.82, 2.24) is 0 Å². The minimum absolute atomic E-state index is 0.0130. The van der Waals surface area contributed by atoms with E-state index in [1.165, 1.54) is 12.1 Å². The van der Waals surface area contributed by atoms with Crippen LogP contribution in [0.15, 0.2) is 26.0 Å². The van der Waals surface area contributed by atoms with Gasteiger partial charge in [-0.05, 0) is 64.3 Å². The molecule has 5 nitrogen and oxygen atoms in total. The van der Waals surface area contributed by atoms with Crippen molar-refractivity contribution < 1.29 is 13.2 Å². The van der Waals surface area contributed by atoms with Crippen LogP contribution in [-0.2, 0) is 10.0 Å². The van der Waals surface area contributed by atoms with Crippen LogP contribution in [0.5, 0.6) is 5.75 Å². The van der Waals surface area contributed by atoms with Gasteiger partial charge < -0.3 is 4.74 Å². The Bertz CT molecular complexity index is 628. The van der Waals surface area contributed by atoms with Gasteiger partial charge in [0.15, 0.2) is 0 Å². The van der Waals surface area contributed by atoms with E-state index in [1.54, 1.807) is 0 Å². The normalized spacial score (nSPS) is 12.0. The van der Waals surface area contributed by atoms with Crippen molar-refractivity contribution in [3.05, 3.63) is 21.1 Å². The smallest absolute Gasteiger partial charge is 0.238 e. The molecule has 2 N–H and O–H groups in total. The van der Waals surface area contributed by atoms with E-state index < -0.39 is 15.4 Å². The molecule has 1 rings (SSSR count). The van der Waals surface area contributed by atoms with E-state index in [2.05, 4.69) is 37.9 Å². The summed E-state index contributed by atoms with van der Waals surface area (Å²) in [6, 6.07) is 4.95. The molecule has 0 bridgehead atoms. The van der Waals surface area contributed by atoms with Crippen LogP contribution in [0, 0.1) is 16.7 Å². The Morgan fingerprint density at radius 1 is 1.35 bits per heavy atom. The van der Waals surface area contributed by atoms with Gasteiger partial charge in [-0.1, -0.05) is 0 Å². The third-order valence-electron chi connectivity index (χ3n) is 2.58. The molecular weight excluding hydrogens is 412 g/mol. The number of nitrogens with zero attached hydrogens (tertiary/aromatic N) is 1. The van der Waals surface area contributed by atoms with Gasteiger partial charge in [0.05, 0.1) is 31.9 Å². The number of primary sulfonamides is 1. The van der Waals surface area contributed by atoms with Gasteiger partial charge in [-0.15, -0.1) is 0 Å². The van der Waals surface area contributed by atoms with Gasteiger partial charge in [-0.3, -0.25) is 0 Å². The van der Waals surface area contributed by atoms with E-state index in [9.17, 15) is 8.42 Å². The van der Waals surface area contributed by atoms with Gasteiger partial charge in [0.2, 0.25) is 10.0 Å². The van der Waals surface area contributed by atoms with E-state index in [-0.39, 0.29) is 4.90 Å². The molecule has 0 saturated carbocycles. The minimum atomic E-state index is -3.77. The van der Waals surface area contributed by atoms with Gasteiger partial charge in [-0.25, -0.2) is 13.6 Å². The molecule has 1 aromatic carbocycles. The molecule has 110 valence electrons. The molecule has 0 atom stereocenters. The van der Waals surface area contributed by atoms with E-state index >= 15 is 0 Å². The second-order valence-electron chi connectivity index (χ2n) is 4.86. The summed E-state index contributed by atoms with van der Waals surface area (Å²) < 4.78 is 29.1. The van der Waals surface area contributed by atoms with Crippen LogP contribution in [0.1, 0.15) is 20.3 Å². The zero-order chi connectivity index (χ0) is 15.6. The van der Waals surface area contributed by atoms with Crippen LogP contribution in [-0.4, -0.2) is 15.0 Å². The first-order valence-electron chi connectivity index (χ1n) is 5.63. The van der Waals surface area contributed by atoms with Crippen molar-refractivity contribution in [3.8, 4) is 11.8 Å². The summed E-state index contributed by atoms with van der Waals surface area (Å²) in [5.41, 5.74) is -0.473. The first-order valence-corrected chi connectivity index (χ1v) is 8.76. The highest BCUT2D eigenvalue weighted by molar-refractivity contribution is 9.11. The van der Waals surface area contributed by atoms with Gasteiger partial charge in [-0.2, -0.15) is 5.26 Å². The molecule has 0 aliphatic heterocycles. The fourth-order valence-electron chi connectivity index (χ4n) is 1.30. The predicted octanol–water partition coefficient (Wildman–Crippen LogP) is 3.18. The Balaban J connectivity index is 2.91. The summed E-state index contributed by atoms with van der Waals surface area (Å²) in [6.07, 6.45) is 0.555. The summed E-state index contributed by atoms with van der Waals surface area (Å²) in [5.74, 6) is 0.478. The number of nitrogens with two attached hydrogens (primary N) is 1. The molecule has 0 heterocycles. The van der Waals surface area contributed by atoms with Crippen LogP contribution in [0.4, 0.5) is 0 Å². The summed E-state index contributed by atoms with van der Waals surface area (Å²) in [6.45, 7) is 3.99. The second kappa shape index (κ2) is 6.43. The average Bonchev–Trinajstić information content (AvgIpc) is 2.31. The molecule has 1 aromatic rings. The number of halogens is 2. The Kier molecular flexibility index (Phi) is 5.61. The first kappa shape index (κ1) is 17.4. The molecule has 0 aliphatic carbocycles. The topological polar surface area (TPSA) is 93.2 Å². The molecule has 0 amide bonds. The molecule has 8 heteroatoms. The maximum atomic E-state index is 11.3. The molecule has 0 aromatic heterocycles. The van der Waals surface area contributed by atoms with E-state index in [0.29, 0.717) is 27.7 Å². The number of hydrogen-bond acceptors (Lipinski definition) is 4. The molecule has 0 aliphatic rings. The minimum Gasteiger partial charge on any atom is -0.491 e. The molecule has 0 spiro atoms. The third kappa shape index (κ3) is 4.74. The van der Waals surface area contributed by atoms with Crippen molar-refractivity contribution in [1.29, 1.82) is 5.26 Å². The molecule has 0 radical (unpaired) electrons. The summed E-state index contributed by atoms with van der Waals surface area (Å²) in [7, 11) is -3.77. The standard InChI is InChI=1S/C12H14Br2N2O3S/c1-12(2,7-15)3-4-19-11-9(13)5-8(6-10(11)14)20(16,17)18/h5-6H,3-4H2,1-2H3,(H2,16,17,18). The lowest BCUT2D eigenvalue weighted by Crippen LogP contribution is -2.14. The fourth-order valence-corrected chi connectivity index (χ4v) is 3.59. The largest absolute Gasteiger partial charge is 0.491 e. The number of hydrogen-bond donors (Lipinski definition) is 1. The van der Waals surface area contributed by atoms with E-state index in [4.69, 9.17) is 15.1 Å². The SMILES string of the molecule is CC(C)(C#N)CCOc1c(Br)cc(S(N)(=O)=O)cc1Br. The number of sulfonamides is 1. The van der Waals surface area contributed by atoms with Gasteiger partial charge in [0, 0.05) is 0 Å². The molecule has 0 fully saturated rings. The van der Waals surface area contributed by atoms with E-state index in [1.807, 2.05) is 13.8 Å². The van der Waals surface area contributed by atoms with Gasteiger partial charge in [0.1, 0.15) is 5.75 Å². The lowest BCUT2D eigenvalue weighted by atomic mass is 9.92. The number of benzene rings is 1. The molecule has 0 saturated heterocycles. The molecular formula is C12H14Br2N2O3S. The van der Waals surface area contributed by atoms with Crippen LogP contribution in [0.3, 0.4) is 0 Å². The van der Waals surface area contributed by atoms with Crippen molar-refractivity contribution >= 4 is 41.9 Å². The number of ether oxygens (including phenoxy) is 1. The summed E-state index contributed by atoms with van der Waals surface area (Å²) in [4.78, 5) is -0.0130. The van der Waals surface area contributed by atoms with Crippen LogP contribution >= 0.6 is 31.9 Å². The third-order valence-corrected chi connectivity index (χ3v) is 4.65. The Morgan fingerprint density at radius 2 is 1.85 bits per heavy atom. The highest BCUT2D eigenvalue weighted by atomic mass is 79.9. The highest BCUT2D eigenvalue weighted by Crippen LogP contribution is 2.36. The monoisotopic (exact) mass is 424 g/mol. The molecule has 20 heavy (non-hydrogen) atoms. The number of nitriles is 1. The maximum absolute atomic E-state index is 11.3. The highest BCUT2D eigenvalue weighted by Gasteiger charge is 2.19. The van der Waals surface area contributed by atoms with Gasteiger partial charge in [0.25, 0.3) is 0 Å². The lowest BCUT2D eigenvalue weighted by Gasteiger charge is -2.17. The predicted molar refractivity (Wildman–Crippen MR) is 82.7 cm³/mol. The summed E-state index contributed by atoms with van der Waals surface area (Å²) >= 11 is 6.50. The Labute approximate surface area is 135 Å². The van der Waals surface area contributed by atoms with Gasteiger partial charge >= 0.3 is 0 Å². The zero-order valence-corrected chi connectivity index (χ0v) is 15.0. The van der Waals surface area contributed by atoms with Crippen molar-refractivity contribution in [2.24, 2.45) is 10.6 Å².